The third-order valence-corrected chi connectivity index (χ3v) is 4.70. The van der Waals surface area contributed by atoms with Crippen LogP contribution in [-0.2, 0) is 10.0 Å². The van der Waals surface area contributed by atoms with Gasteiger partial charge in [0, 0.05) is 26.2 Å². The highest BCUT2D eigenvalue weighted by Crippen LogP contribution is 2.27. The summed E-state index contributed by atoms with van der Waals surface area (Å²) in [6.45, 7) is -1.36. The molecule has 0 saturated carbocycles. The molecule has 0 atom stereocenters. The molecule has 114 valence electrons. The van der Waals surface area contributed by atoms with Gasteiger partial charge in [-0.1, -0.05) is 12.1 Å². The third-order valence-electron chi connectivity index (χ3n) is 2.76. The highest BCUT2D eigenvalue weighted by atomic mass is 35.5. The van der Waals surface area contributed by atoms with Gasteiger partial charge in [0.2, 0.25) is 10.0 Å². The highest BCUT2D eigenvalue weighted by Gasteiger charge is 2.29. The number of alkyl halides is 2. The Kier molecular flexibility index (Phi) is 6.12. The minimum Gasteiger partial charge on any atom is -0.433 e. The Morgan fingerprint density at radius 2 is 1.80 bits per heavy atom. The smallest absolute Gasteiger partial charge is 0.387 e. The number of nitrogens with one attached hydrogen (secondary N) is 1. The minimum atomic E-state index is -3.80. The van der Waals surface area contributed by atoms with E-state index < -0.39 is 16.6 Å². The molecule has 0 unspecified atom stereocenters. The monoisotopic (exact) mass is 328 g/mol. The Hall–Kier alpha value is -0.960. The summed E-state index contributed by atoms with van der Waals surface area (Å²) < 4.78 is 54.8. The van der Waals surface area contributed by atoms with Crippen molar-refractivity contribution in [3.05, 3.63) is 24.3 Å². The van der Waals surface area contributed by atoms with Crippen LogP contribution in [0.2, 0.25) is 0 Å². The largest absolute Gasteiger partial charge is 0.433 e. The third kappa shape index (κ3) is 3.78. The van der Waals surface area contributed by atoms with Crippen molar-refractivity contribution in [2.24, 2.45) is 0 Å². The second kappa shape index (κ2) is 7.16. The fourth-order valence-electron chi connectivity index (χ4n) is 1.88. The van der Waals surface area contributed by atoms with E-state index in [1.165, 1.54) is 28.6 Å². The number of piperazine rings is 1. The molecule has 0 aliphatic carbocycles. The maximum Gasteiger partial charge on any atom is 0.387 e. The first-order valence-electron chi connectivity index (χ1n) is 5.76. The van der Waals surface area contributed by atoms with Crippen LogP contribution in [-0.4, -0.2) is 45.5 Å². The molecular formula is C11H15ClF2N2O3S. The van der Waals surface area contributed by atoms with Gasteiger partial charge in [-0.25, -0.2) is 8.42 Å². The summed E-state index contributed by atoms with van der Waals surface area (Å²) in [6, 6.07) is 5.43. The molecule has 0 amide bonds. The Morgan fingerprint density at radius 3 is 2.40 bits per heavy atom. The van der Waals surface area contributed by atoms with E-state index in [1.807, 2.05) is 0 Å². The lowest BCUT2D eigenvalue weighted by atomic mass is 10.3. The maximum absolute atomic E-state index is 12.4. The predicted molar refractivity (Wildman–Crippen MR) is 72.0 cm³/mol. The molecule has 0 bridgehead atoms. The predicted octanol–water partition coefficient (Wildman–Crippen LogP) is 1.30. The van der Waals surface area contributed by atoms with Crippen LogP contribution in [0, 0.1) is 0 Å². The van der Waals surface area contributed by atoms with Crippen molar-refractivity contribution in [1.29, 1.82) is 0 Å². The average Bonchev–Trinajstić information content (AvgIpc) is 2.39. The quantitative estimate of drug-likeness (QED) is 0.905. The summed E-state index contributed by atoms with van der Waals surface area (Å²) in [6.07, 6.45) is 0. The Morgan fingerprint density at radius 1 is 1.20 bits per heavy atom. The lowest BCUT2D eigenvalue weighted by molar-refractivity contribution is -0.0517. The van der Waals surface area contributed by atoms with Gasteiger partial charge in [0.15, 0.2) is 0 Å². The second-order valence-electron chi connectivity index (χ2n) is 3.98. The van der Waals surface area contributed by atoms with E-state index in [2.05, 4.69) is 10.1 Å². The number of para-hydroxylation sites is 1. The molecule has 1 aromatic carbocycles. The fraction of sp³-hybridized carbons (Fsp3) is 0.455. The van der Waals surface area contributed by atoms with E-state index in [1.54, 1.807) is 0 Å². The molecule has 20 heavy (non-hydrogen) atoms. The molecule has 1 N–H and O–H groups in total. The van der Waals surface area contributed by atoms with Crippen molar-refractivity contribution >= 4 is 22.4 Å². The first-order valence-corrected chi connectivity index (χ1v) is 7.20. The number of benzene rings is 1. The second-order valence-corrected chi connectivity index (χ2v) is 5.89. The fourth-order valence-corrected chi connectivity index (χ4v) is 3.44. The lowest BCUT2D eigenvalue weighted by Gasteiger charge is -2.27. The molecular weight excluding hydrogens is 314 g/mol. The summed E-state index contributed by atoms with van der Waals surface area (Å²) in [5.41, 5.74) is 0. The standard InChI is InChI=1S/C11H14F2N2O3S.ClH/c12-11(13)18-9-3-1-2-4-10(9)19(16,17)15-7-5-14-6-8-15;/h1-4,11,14H,5-8H2;1H. The van der Waals surface area contributed by atoms with Gasteiger partial charge in [-0.15, -0.1) is 12.4 Å². The van der Waals surface area contributed by atoms with Crippen molar-refractivity contribution in [3.8, 4) is 5.75 Å². The summed E-state index contributed by atoms with van der Waals surface area (Å²) in [5, 5.41) is 3.03. The highest BCUT2D eigenvalue weighted by molar-refractivity contribution is 7.89. The van der Waals surface area contributed by atoms with Crippen LogP contribution in [0.1, 0.15) is 0 Å². The zero-order valence-electron chi connectivity index (χ0n) is 10.5. The minimum absolute atomic E-state index is 0. The molecule has 1 heterocycles. The van der Waals surface area contributed by atoms with Gasteiger partial charge < -0.3 is 10.1 Å². The van der Waals surface area contributed by atoms with Crippen molar-refractivity contribution in [2.45, 2.75) is 11.5 Å². The van der Waals surface area contributed by atoms with Crippen LogP contribution in [0.3, 0.4) is 0 Å². The van der Waals surface area contributed by atoms with Crippen LogP contribution in [0.15, 0.2) is 29.2 Å². The molecule has 1 aromatic rings. The van der Waals surface area contributed by atoms with Gasteiger partial charge in [0.05, 0.1) is 0 Å². The van der Waals surface area contributed by atoms with Crippen molar-refractivity contribution in [3.63, 3.8) is 0 Å². The Bertz CT molecular complexity index is 536. The van der Waals surface area contributed by atoms with E-state index in [-0.39, 0.29) is 23.1 Å². The number of hydrogen-bond acceptors (Lipinski definition) is 4. The van der Waals surface area contributed by atoms with Crippen LogP contribution in [0.25, 0.3) is 0 Å². The van der Waals surface area contributed by atoms with E-state index in [0.29, 0.717) is 26.2 Å². The molecule has 9 heteroatoms. The molecule has 2 rings (SSSR count). The lowest BCUT2D eigenvalue weighted by Crippen LogP contribution is -2.46. The van der Waals surface area contributed by atoms with E-state index in [9.17, 15) is 17.2 Å². The van der Waals surface area contributed by atoms with Crippen LogP contribution < -0.4 is 10.1 Å². The number of hydrogen-bond donors (Lipinski definition) is 1. The van der Waals surface area contributed by atoms with E-state index >= 15 is 0 Å². The molecule has 0 spiro atoms. The van der Waals surface area contributed by atoms with Crippen LogP contribution in [0.5, 0.6) is 5.75 Å². The summed E-state index contributed by atoms with van der Waals surface area (Å²) in [5.74, 6) is -0.323. The maximum atomic E-state index is 12.4. The number of nitrogens with zero attached hydrogens (tertiary/aromatic N) is 1. The molecule has 5 nitrogen and oxygen atoms in total. The first kappa shape index (κ1) is 17.1. The van der Waals surface area contributed by atoms with Crippen molar-refractivity contribution < 1.29 is 21.9 Å². The number of ether oxygens (including phenoxy) is 1. The first-order chi connectivity index (χ1) is 9.01. The number of sulfonamides is 1. The van der Waals surface area contributed by atoms with Crippen LogP contribution >= 0.6 is 12.4 Å². The normalized spacial score (nSPS) is 16.8. The molecule has 1 aliphatic rings. The topological polar surface area (TPSA) is 58.6 Å². The van der Waals surface area contributed by atoms with Gasteiger partial charge in [-0.05, 0) is 12.1 Å². The summed E-state index contributed by atoms with van der Waals surface area (Å²) >= 11 is 0. The molecule has 0 aromatic heterocycles. The molecule has 1 fully saturated rings. The molecule has 1 aliphatic heterocycles. The summed E-state index contributed by atoms with van der Waals surface area (Å²) in [7, 11) is -3.80. The number of rotatable bonds is 4. The van der Waals surface area contributed by atoms with E-state index in [0.717, 1.165) is 0 Å². The number of halogens is 3. The van der Waals surface area contributed by atoms with Gasteiger partial charge in [0.1, 0.15) is 10.6 Å². The Balaban J connectivity index is 0.00000200. The van der Waals surface area contributed by atoms with Gasteiger partial charge in [-0.3, -0.25) is 0 Å². The molecule has 1 saturated heterocycles. The summed E-state index contributed by atoms with van der Waals surface area (Å²) in [4.78, 5) is -0.225. The van der Waals surface area contributed by atoms with Gasteiger partial charge in [-0.2, -0.15) is 13.1 Å². The van der Waals surface area contributed by atoms with Crippen molar-refractivity contribution in [2.75, 3.05) is 26.2 Å². The van der Waals surface area contributed by atoms with Crippen molar-refractivity contribution in [1.82, 2.24) is 9.62 Å². The Labute approximate surface area is 122 Å². The van der Waals surface area contributed by atoms with E-state index in [4.69, 9.17) is 0 Å². The zero-order chi connectivity index (χ0) is 13.9. The molecule has 0 radical (unpaired) electrons. The van der Waals surface area contributed by atoms with Gasteiger partial charge in [0.25, 0.3) is 0 Å². The van der Waals surface area contributed by atoms with Crippen LogP contribution in [0.4, 0.5) is 8.78 Å². The average molecular weight is 329 g/mol. The van der Waals surface area contributed by atoms with Gasteiger partial charge >= 0.3 is 6.61 Å². The SMILES string of the molecule is Cl.O=S(=O)(c1ccccc1OC(F)F)N1CCNCC1. The zero-order valence-corrected chi connectivity index (χ0v) is 12.1.